The third-order valence-electron chi connectivity index (χ3n) is 3.77. The van der Waals surface area contributed by atoms with E-state index < -0.39 is 0 Å². The van der Waals surface area contributed by atoms with Gasteiger partial charge in [-0.25, -0.2) is 0 Å². The quantitative estimate of drug-likeness (QED) is 0.522. The van der Waals surface area contributed by atoms with E-state index in [9.17, 15) is 20.6 Å². The molecule has 0 fully saturated rings. The number of nitriles is 1. The van der Waals surface area contributed by atoms with Crippen molar-refractivity contribution in [3.8, 4) is 17.2 Å². The van der Waals surface area contributed by atoms with Crippen molar-refractivity contribution in [2.75, 3.05) is 7.05 Å². The van der Waals surface area contributed by atoms with Gasteiger partial charge in [0.05, 0.1) is 24.3 Å². The van der Waals surface area contributed by atoms with Gasteiger partial charge in [0.2, 0.25) is 0 Å². The maximum Gasteiger partial charge on any atom is 0.132 e. The largest absolute Gasteiger partial charge is 0.392 e. The minimum absolute atomic E-state index is 0.218. The molecule has 1 aromatic heterocycles. The van der Waals surface area contributed by atoms with E-state index in [4.69, 9.17) is 0 Å². The van der Waals surface area contributed by atoms with Crippen LogP contribution < -0.4 is 5.32 Å². The highest BCUT2D eigenvalue weighted by molar-refractivity contribution is 9.10. The first-order chi connectivity index (χ1) is 11.1. The summed E-state index contributed by atoms with van der Waals surface area (Å²) in [5, 5.41) is 41.1. The third-order valence-corrected chi connectivity index (χ3v) is 4.56. The first-order valence-electron chi connectivity index (χ1n) is 7.04. The predicted octanol–water partition coefficient (Wildman–Crippen LogP) is 1.51. The van der Waals surface area contributed by atoms with E-state index in [1.165, 1.54) is 0 Å². The van der Waals surface area contributed by atoms with Gasteiger partial charge >= 0.3 is 0 Å². The fourth-order valence-electron chi connectivity index (χ4n) is 2.69. The number of benzene rings is 1. The zero-order chi connectivity index (χ0) is 17.0. The van der Waals surface area contributed by atoms with Gasteiger partial charge in [-0.15, -0.1) is 0 Å². The molecule has 0 unspecified atom stereocenters. The summed E-state index contributed by atoms with van der Waals surface area (Å²) in [6.07, 6.45) is 0. The highest BCUT2D eigenvalue weighted by Crippen LogP contribution is 2.38. The number of H-pyrrole nitrogens is 1. The Morgan fingerprint density at radius 2 is 1.87 bits per heavy atom. The van der Waals surface area contributed by atoms with E-state index in [2.05, 4.69) is 32.3 Å². The molecule has 5 N–H and O–H groups in total. The number of aromatic nitrogens is 1. The first kappa shape index (κ1) is 17.7. The van der Waals surface area contributed by atoms with Crippen LogP contribution in [-0.4, -0.2) is 27.4 Å². The van der Waals surface area contributed by atoms with Crippen molar-refractivity contribution in [2.24, 2.45) is 0 Å². The Morgan fingerprint density at radius 3 is 2.39 bits per heavy atom. The van der Waals surface area contributed by atoms with E-state index >= 15 is 0 Å². The molecule has 1 heterocycles. The number of nitrogens with zero attached hydrogens (tertiary/aromatic N) is 1. The number of aliphatic hydroxyl groups is 3. The van der Waals surface area contributed by atoms with Gasteiger partial charge in [0, 0.05) is 17.8 Å². The number of aromatic amines is 1. The van der Waals surface area contributed by atoms with Crippen molar-refractivity contribution in [2.45, 2.75) is 26.4 Å². The average molecular weight is 380 g/mol. The summed E-state index contributed by atoms with van der Waals surface area (Å²) >= 11 is 3.44. The molecule has 2 aromatic rings. The standard InChI is InChI=1S/C16H18BrN3O3/c1-19-5-14-15(16(17)13(4-18)20-14)10-3-2-9(6-21)11(7-22)12(10)8-23/h2-3,19-23H,5-8H2,1H3. The zero-order valence-corrected chi connectivity index (χ0v) is 14.2. The van der Waals surface area contributed by atoms with Gasteiger partial charge < -0.3 is 25.6 Å². The minimum Gasteiger partial charge on any atom is -0.392 e. The lowest BCUT2D eigenvalue weighted by molar-refractivity contribution is 0.248. The Balaban J connectivity index is 2.76. The van der Waals surface area contributed by atoms with Crippen LogP contribution in [0.4, 0.5) is 0 Å². The molecule has 23 heavy (non-hydrogen) atoms. The number of halogens is 1. The number of hydrogen-bond donors (Lipinski definition) is 5. The number of nitrogens with one attached hydrogen (secondary N) is 2. The molecule has 0 spiro atoms. The Bertz CT molecular complexity index is 750. The summed E-state index contributed by atoms with van der Waals surface area (Å²) in [5.74, 6) is 0. The second kappa shape index (κ2) is 7.73. The molecule has 7 heteroatoms. The van der Waals surface area contributed by atoms with Gasteiger partial charge in [0.1, 0.15) is 11.8 Å². The fourth-order valence-corrected chi connectivity index (χ4v) is 3.34. The summed E-state index contributed by atoms with van der Waals surface area (Å²) in [5.41, 5.74) is 4.29. The lowest BCUT2D eigenvalue weighted by Crippen LogP contribution is -2.08. The maximum atomic E-state index is 9.79. The van der Waals surface area contributed by atoms with Crippen LogP contribution in [0, 0.1) is 11.3 Å². The lowest BCUT2D eigenvalue weighted by atomic mass is 9.92. The lowest BCUT2D eigenvalue weighted by Gasteiger charge is -2.16. The molecule has 0 aliphatic rings. The monoisotopic (exact) mass is 379 g/mol. The first-order valence-corrected chi connectivity index (χ1v) is 7.83. The van der Waals surface area contributed by atoms with Gasteiger partial charge in [-0.3, -0.25) is 0 Å². The molecule has 2 rings (SSSR count). The molecule has 0 amide bonds. The normalized spacial score (nSPS) is 10.8. The summed E-state index contributed by atoms with van der Waals surface area (Å²) < 4.78 is 0.612. The zero-order valence-electron chi connectivity index (χ0n) is 12.6. The molecule has 6 nitrogen and oxygen atoms in total. The topological polar surface area (TPSA) is 112 Å². The van der Waals surface area contributed by atoms with Gasteiger partial charge in [-0.2, -0.15) is 5.26 Å². The number of hydrogen-bond acceptors (Lipinski definition) is 5. The van der Waals surface area contributed by atoms with Crippen molar-refractivity contribution >= 4 is 15.9 Å². The molecule has 1 aromatic carbocycles. The maximum absolute atomic E-state index is 9.79. The second-order valence-electron chi connectivity index (χ2n) is 5.01. The Hall–Kier alpha value is -1.69. The Labute approximate surface area is 142 Å². The minimum atomic E-state index is -0.284. The molecular weight excluding hydrogens is 362 g/mol. The van der Waals surface area contributed by atoms with E-state index in [-0.39, 0.29) is 19.8 Å². The van der Waals surface area contributed by atoms with Crippen molar-refractivity contribution in [1.82, 2.24) is 10.3 Å². The van der Waals surface area contributed by atoms with Gasteiger partial charge in [-0.1, -0.05) is 12.1 Å². The Morgan fingerprint density at radius 1 is 1.17 bits per heavy atom. The molecule has 0 saturated carbocycles. The van der Waals surface area contributed by atoms with E-state index in [0.29, 0.717) is 39.0 Å². The van der Waals surface area contributed by atoms with E-state index in [1.54, 1.807) is 19.2 Å². The molecule has 0 bridgehead atoms. The van der Waals surface area contributed by atoms with Crippen LogP contribution in [0.5, 0.6) is 0 Å². The van der Waals surface area contributed by atoms with Crippen LogP contribution in [0.2, 0.25) is 0 Å². The SMILES string of the molecule is CNCc1[nH]c(C#N)c(Br)c1-c1ccc(CO)c(CO)c1CO. The van der Waals surface area contributed by atoms with Crippen LogP contribution in [0.25, 0.3) is 11.1 Å². The van der Waals surface area contributed by atoms with E-state index in [1.807, 2.05) is 0 Å². The smallest absolute Gasteiger partial charge is 0.132 e. The van der Waals surface area contributed by atoms with Crippen LogP contribution in [-0.2, 0) is 26.4 Å². The molecular formula is C16H18BrN3O3. The van der Waals surface area contributed by atoms with Crippen LogP contribution in [0.3, 0.4) is 0 Å². The van der Waals surface area contributed by atoms with E-state index in [0.717, 1.165) is 11.3 Å². The summed E-state index contributed by atoms with van der Waals surface area (Å²) in [7, 11) is 1.80. The highest BCUT2D eigenvalue weighted by atomic mass is 79.9. The molecule has 0 atom stereocenters. The van der Waals surface area contributed by atoms with Gasteiger partial charge in [0.15, 0.2) is 0 Å². The second-order valence-corrected chi connectivity index (χ2v) is 5.81. The van der Waals surface area contributed by atoms with Crippen molar-refractivity contribution < 1.29 is 15.3 Å². The molecule has 122 valence electrons. The van der Waals surface area contributed by atoms with Gasteiger partial charge in [0.25, 0.3) is 0 Å². The summed E-state index contributed by atoms with van der Waals surface area (Å²) in [6, 6.07) is 5.59. The third kappa shape index (κ3) is 3.17. The Kier molecular flexibility index (Phi) is 5.93. The van der Waals surface area contributed by atoms with Crippen LogP contribution >= 0.6 is 15.9 Å². The highest BCUT2D eigenvalue weighted by Gasteiger charge is 2.21. The van der Waals surface area contributed by atoms with Crippen molar-refractivity contribution in [3.05, 3.63) is 44.7 Å². The molecule has 0 radical (unpaired) electrons. The predicted molar refractivity (Wildman–Crippen MR) is 89.2 cm³/mol. The van der Waals surface area contributed by atoms with Gasteiger partial charge in [-0.05, 0) is 45.2 Å². The van der Waals surface area contributed by atoms with Crippen molar-refractivity contribution in [1.29, 1.82) is 5.26 Å². The number of rotatable bonds is 6. The number of aliphatic hydroxyl groups excluding tert-OH is 3. The fraction of sp³-hybridized carbons (Fsp3) is 0.312. The van der Waals surface area contributed by atoms with Crippen LogP contribution in [0.1, 0.15) is 28.1 Å². The summed E-state index contributed by atoms with van der Waals surface area (Å²) in [4.78, 5) is 3.05. The molecule has 0 aliphatic carbocycles. The molecule has 0 aliphatic heterocycles. The van der Waals surface area contributed by atoms with Crippen LogP contribution in [0.15, 0.2) is 16.6 Å². The molecule has 0 saturated heterocycles. The summed E-state index contributed by atoms with van der Waals surface area (Å²) in [6.45, 7) is -0.271. The average Bonchev–Trinajstić information content (AvgIpc) is 2.89. The van der Waals surface area contributed by atoms with Crippen molar-refractivity contribution in [3.63, 3.8) is 0 Å².